The van der Waals surface area contributed by atoms with Crippen LogP contribution >= 0.6 is 0 Å². The zero-order valence-corrected chi connectivity index (χ0v) is 22.5. The van der Waals surface area contributed by atoms with Crippen molar-refractivity contribution in [1.82, 2.24) is 10.2 Å². The second-order valence-corrected chi connectivity index (χ2v) is 11.6. The van der Waals surface area contributed by atoms with Crippen molar-refractivity contribution < 1.29 is 19.4 Å². The summed E-state index contributed by atoms with van der Waals surface area (Å²) >= 11 is 0. The van der Waals surface area contributed by atoms with Crippen molar-refractivity contribution >= 4 is 12.0 Å². The van der Waals surface area contributed by atoms with Gasteiger partial charge >= 0.3 is 6.09 Å². The molecule has 0 bridgehead atoms. The summed E-state index contributed by atoms with van der Waals surface area (Å²) in [7, 11) is 0. The van der Waals surface area contributed by atoms with Gasteiger partial charge in [0.2, 0.25) is 5.91 Å². The summed E-state index contributed by atoms with van der Waals surface area (Å²) in [4.78, 5) is 27.4. The van der Waals surface area contributed by atoms with Crippen LogP contribution in [-0.2, 0) is 15.1 Å². The number of benzene rings is 2. The molecule has 1 saturated carbocycles. The summed E-state index contributed by atoms with van der Waals surface area (Å²) in [6, 6.07) is 17.6. The zero-order chi connectivity index (χ0) is 26.8. The molecule has 2 amide bonds. The zero-order valence-electron chi connectivity index (χ0n) is 22.5. The molecule has 0 aromatic heterocycles. The minimum atomic E-state index is -0.992. The number of rotatable bonds is 7. The van der Waals surface area contributed by atoms with E-state index in [0.29, 0.717) is 25.4 Å². The summed E-state index contributed by atoms with van der Waals surface area (Å²) in [5, 5.41) is 13.6. The number of ether oxygens (including phenoxy) is 1. The number of nitrogens with zero attached hydrogens (tertiary/aromatic N) is 1. The minimum Gasteiger partial charge on any atom is -0.438 e. The predicted octanol–water partition coefficient (Wildman–Crippen LogP) is 5.30. The Hall–Kier alpha value is -3.30. The molecular weight excluding hydrogens is 464 g/mol. The van der Waals surface area contributed by atoms with Gasteiger partial charge in [-0.05, 0) is 70.7 Å². The molecule has 2 N–H and O–H groups in total. The molecule has 2 aromatic carbocycles. The number of carbonyl (C=O) groups excluding carboxylic acids is 2. The fourth-order valence-corrected chi connectivity index (χ4v) is 4.79. The Labute approximate surface area is 220 Å². The maximum absolute atomic E-state index is 13.3. The number of aliphatic hydroxyl groups is 1. The van der Waals surface area contributed by atoms with Gasteiger partial charge in [-0.3, -0.25) is 4.79 Å². The van der Waals surface area contributed by atoms with E-state index in [-0.39, 0.29) is 18.0 Å². The lowest BCUT2D eigenvalue weighted by atomic mass is 9.80. The van der Waals surface area contributed by atoms with Gasteiger partial charge in [0, 0.05) is 31.0 Å². The van der Waals surface area contributed by atoms with Crippen molar-refractivity contribution in [2.75, 3.05) is 6.54 Å². The van der Waals surface area contributed by atoms with Crippen LogP contribution in [0.1, 0.15) is 83.0 Å². The van der Waals surface area contributed by atoms with E-state index in [4.69, 9.17) is 4.74 Å². The van der Waals surface area contributed by atoms with Crippen molar-refractivity contribution in [3.8, 4) is 11.8 Å². The monoisotopic (exact) mass is 502 g/mol. The number of nitrogens with one attached hydrogen (secondary N) is 1. The lowest BCUT2D eigenvalue weighted by Crippen LogP contribution is -2.51. The normalized spacial score (nSPS) is 20.9. The first-order chi connectivity index (χ1) is 17.4. The highest BCUT2D eigenvalue weighted by molar-refractivity contribution is 5.85. The largest absolute Gasteiger partial charge is 0.438 e. The van der Waals surface area contributed by atoms with Gasteiger partial charge < -0.3 is 20.1 Å². The number of hydrogen-bond acceptors (Lipinski definition) is 4. The summed E-state index contributed by atoms with van der Waals surface area (Å²) in [6.45, 7) is 9.65. The van der Waals surface area contributed by atoms with Crippen LogP contribution in [0.4, 0.5) is 4.79 Å². The minimum absolute atomic E-state index is 0.0347. The Morgan fingerprint density at radius 2 is 1.78 bits per heavy atom. The molecule has 1 aliphatic heterocycles. The smallest absolute Gasteiger partial charge is 0.411 e. The highest BCUT2D eigenvalue weighted by Gasteiger charge is 2.46. The molecule has 6 heteroatoms. The second kappa shape index (κ2) is 10.2. The van der Waals surface area contributed by atoms with Crippen LogP contribution < -0.4 is 5.32 Å². The van der Waals surface area contributed by atoms with Gasteiger partial charge in [-0.25, -0.2) is 4.79 Å². The molecule has 2 atom stereocenters. The molecule has 6 nitrogen and oxygen atoms in total. The summed E-state index contributed by atoms with van der Waals surface area (Å²) in [5.41, 5.74) is 0.0642. The van der Waals surface area contributed by atoms with Crippen LogP contribution in [0.3, 0.4) is 0 Å². The van der Waals surface area contributed by atoms with Gasteiger partial charge in [-0.2, -0.15) is 0 Å². The molecule has 4 rings (SSSR count). The standard InChI is InChI=1S/C31H38N2O4/c1-22(24-13-11-23(12-14-24)17-18-29(2,3)27(34)32-26-15-16-26)33-20-19-31(37-28(33)35,21-30(4,5)36)25-9-7-6-8-10-25/h6-14,22,26,36H,15-16,19-21H2,1-5H3,(H,32,34). The first kappa shape index (κ1) is 26.8. The fourth-order valence-electron chi connectivity index (χ4n) is 4.79. The van der Waals surface area contributed by atoms with Gasteiger partial charge in [0.25, 0.3) is 0 Å². The molecule has 1 aliphatic carbocycles. The van der Waals surface area contributed by atoms with E-state index in [2.05, 4.69) is 17.2 Å². The van der Waals surface area contributed by atoms with E-state index in [0.717, 1.165) is 29.5 Å². The molecule has 0 spiro atoms. The van der Waals surface area contributed by atoms with E-state index in [9.17, 15) is 14.7 Å². The van der Waals surface area contributed by atoms with Crippen LogP contribution in [-0.4, -0.2) is 40.2 Å². The van der Waals surface area contributed by atoms with Crippen LogP contribution in [0.5, 0.6) is 0 Å². The van der Waals surface area contributed by atoms with E-state index in [1.165, 1.54) is 0 Å². The first-order valence-corrected chi connectivity index (χ1v) is 13.1. The topological polar surface area (TPSA) is 78.9 Å². The van der Waals surface area contributed by atoms with E-state index in [1.807, 2.05) is 75.4 Å². The quantitative estimate of drug-likeness (QED) is 0.504. The summed E-state index contributed by atoms with van der Waals surface area (Å²) in [6.07, 6.45) is 2.61. The third-order valence-electron chi connectivity index (χ3n) is 7.15. The van der Waals surface area contributed by atoms with Crippen molar-refractivity contribution in [2.24, 2.45) is 5.41 Å². The Kier molecular flexibility index (Phi) is 7.39. The van der Waals surface area contributed by atoms with E-state index >= 15 is 0 Å². The maximum Gasteiger partial charge on any atom is 0.411 e. The van der Waals surface area contributed by atoms with Crippen LogP contribution in [0.25, 0.3) is 0 Å². The number of hydrogen-bond donors (Lipinski definition) is 2. The highest BCUT2D eigenvalue weighted by atomic mass is 16.6. The SMILES string of the molecule is CC(c1ccc(C#CC(C)(C)C(=O)NC2CC2)cc1)N1CCC(CC(C)(C)O)(c2ccccc2)OC1=O. The van der Waals surface area contributed by atoms with Gasteiger partial charge in [-0.15, -0.1) is 0 Å². The average Bonchev–Trinajstić information content (AvgIpc) is 3.66. The summed E-state index contributed by atoms with van der Waals surface area (Å²) in [5.74, 6) is 6.19. The van der Waals surface area contributed by atoms with Crippen LogP contribution in [0, 0.1) is 17.3 Å². The van der Waals surface area contributed by atoms with Crippen molar-refractivity contribution in [2.45, 2.75) is 83.6 Å². The third-order valence-corrected chi connectivity index (χ3v) is 7.15. The first-order valence-electron chi connectivity index (χ1n) is 13.1. The van der Waals surface area contributed by atoms with Crippen molar-refractivity contribution in [1.29, 1.82) is 0 Å². The van der Waals surface area contributed by atoms with Crippen LogP contribution in [0.2, 0.25) is 0 Å². The van der Waals surface area contributed by atoms with Crippen molar-refractivity contribution in [3.05, 3.63) is 71.3 Å². The predicted molar refractivity (Wildman–Crippen MR) is 144 cm³/mol. The Morgan fingerprint density at radius 1 is 1.14 bits per heavy atom. The molecule has 2 unspecified atom stereocenters. The third kappa shape index (κ3) is 6.53. The molecule has 2 aliphatic rings. The molecule has 2 fully saturated rings. The second-order valence-electron chi connectivity index (χ2n) is 11.6. The molecular formula is C31H38N2O4. The highest BCUT2D eigenvalue weighted by Crippen LogP contribution is 2.42. The molecule has 0 radical (unpaired) electrons. The van der Waals surface area contributed by atoms with Gasteiger partial charge in [0.05, 0.1) is 11.6 Å². The maximum atomic E-state index is 13.3. The molecule has 37 heavy (non-hydrogen) atoms. The van der Waals surface area contributed by atoms with E-state index in [1.54, 1.807) is 18.7 Å². The molecule has 2 aromatic rings. The number of amides is 2. The average molecular weight is 503 g/mol. The fraction of sp³-hybridized carbons (Fsp3) is 0.484. The number of carbonyl (C=O) groups is 2. The molecule has 1 heterocycles. The summed E-state index contributed by atoms with van der Waals surface area (Å²) < 4.78 is 6.11. The van der Waals surface area contributed by atoms with E-state index < -0.39 is 16.6 Å². The number of cyclic esters (lactones) is 1. The lowest BCUT2D eigenvalue weighted by Gasteiger charge is -2.45. The van der Waals surface area contributed by atoms with Gasteiger partial charge in [0.1, 0.15) is 11.0 Å². The molecule has 196 valence electrons. The Balaban J connectivity index is 1.45. The molecule has 1 saturated heterocycles. The van der Waals surface area contributed by atoms with Gasteiger partial charge in [0.15, 0.2) is 0 Å². The van der Waals surface area contributed by atoms with Gasteiger partial charge in [-0.1, -0.05) is 54.3 Å². The Bertz CT molecular complexity index is 1180. The van der Waals surface area contributed by atoms with Crippen LogP contribution in [0.15, 0.2) is 54.6 Å². The van der Waals surface area contributed by atoms with Crippen molar-refractivity contribution in [3.63, 3.8) is 0 Å². The lowest BCUT2D eigenvalue weighted by molar-refractivity contribution is -0.126. The Morgan fingerprint density at radius 3 is 2.35 bits per heavy atom.